The first kappa shape index (κ1) is 19.7. The van der Waals surface area contributed by atoms with Crippen LogP contribution in [0.1, 0.15) is 49.3 Å². The van der Waals surface area contributed by atoms with Gasteiger partial charge in [-0.2, -0.15) is 5.10 Å². The summed E-state index contributed by atoms with van der Waals surface area (Å²) in [4.78, 5) is 12.2. The van der Waals surface area contributed by atoms with E-state index in [9.17, 15) is 4.79 Å². The van der Waals surface area contributed by atoms with Crippen molar-refractivity contribution >= 4 is 17.3 Å². The minimum atomic E-state index is -0.145. The standard InChI is InChI=1S/C22H29N3O/c1-4-5-7-12-21(19-10-8-6-9-11-19)24-25-22(26)16-23-20-14-13-17(2)15-18(20)3/h6,8-11,13-15,23H,4-5,7,12,16H2,1-3H3,(H,25,26). The number of hydrogen-bond acceptors (Lipinski definition) is 3. The number of benzene rings is 2. The zero-order valence-electron chi connectivity index (χ0n) is 16.0. The molecule has 138 valence electrons. The SMILES string of the molecule is CCCCCC(=NNC(=O)CNc1ccc(C)cc1C)c1ccccc1. The van der Waals surface area contributed by atoms with Crippen molar-refractivity contribution in [3.63, 3.8) is 0 Å². The summed E-state index contributed by atoms with van der Waals surface area (Å²) in [5, 5.41) is 7.57. The number of hydrazone groups is 1. The van der Waals surface area contributed by atoms with Crippen molar-refractivity contribution in [2.24, 2.45) is 5.10 Å². The van der Waals surface area contributed by atoms with E-state index in [1.165, 1.54) is 5.56 Å². The third-order valence-electron chi connectivity index (χ3n) is 4.26. The first-order chi connectivity index (χ1) is 12.6. The van der Waals surface area contributed by atoms with E-state index in [0.717, 1.165) is 48.2 Å². The Morgan fingerprint density at radius 1 is 1.04 bits per heavy atom. The lowest BCUT2D eigenvalue weighted by atomic mass is 10.0. The van der Waals surface area contributed by atoms with E-state index < -0.39 is 0 Å². The van der Waals surface area contributed by atoms with E-state index in [1.807, 2.05) is 49.4 Å². The smallest absolute Gasteiger partial charge is 0.259 e. The van der Waals surface area contributed by atoms with Gasteiger partial charge in [0.05, 0.1) is 12.3 Å². The Labute approximate surface area is 156 Å². The Kier molecular flexibility index (Phi) is 7.87. The predicted octanol–water partition coefficient (Wildman–Crippen LogP) is 4.82. The van der Waals surface area contributed by atoms with Gasteiger partial charge in [0.15, 0.2) is 0 Å². The Morgan fingerprint density at radius 2 is 1.81 bits per heavy atom. The summed E-state index contributed by atoms with van der Waals surface area (Å²) in [6.07, 6.45) is 4.26. The van der Waals surface area contributed by atoms with Crippen LogP contribution in [0.5, 0.6) is 0 Å². The van der Waals surface area contributed by atoms with E-state index in [4.69, 9.17) is 0 Å². The van der Waals surface area contributed by atoms with Gasteiger partial charge in [-0.05, 0) is 43.9 Å². The number of aryl methyl sites for hydroxylation is 2. The quantitative estimate of drug-likeness (QED) is 0.387. The number of carbonyl (C=O) groups excluding carboxylic acids is 1. The summed E-state index contributed by atoms with van der Waals surface area (Å²) in [6.45, 7) is 6.47. The van der Waals surface area contributed by atoms with E-state index in [1.54, 1.807) is 0 Å². The zero-order chi connectivity index (χ0) is 18.8. The number of hydrogen-bond donors (Lipinski definition) is 2. The molecular formula is C22H29N3O. The second-order valence-electron chi connectivity index (χ2n) is 6.59. The van der Waals surface area contributed by atoms with Gasteiger partial charge in [-0.3, -0.25) is 4.79 Å². The molecule has 0 aliphatic rings. The van der Waals surface area contributed by atoms with Gasteiger partial charge in [-0.15, -0.1) is 0 Å². The molecule has 0 radical (unpaired) electrons. The molecule has 0 atom stereocenters. The van der Waals surface area contributed by atoms with Crippen LogP contribution in [-0.4, -0.2) is 18.2 Å². The van der Waals surface area contributed by atoms with E-state index in [0.29, 0.717) is 0 Å². The fourth-order valence-corrected chi connectivity index (χ4v) is 2.79. The fraction of sp³-hybridized carbons (Fsp3) is 0.364. The molecule has 4 nitrogen and oxygen atoms in total. The molecule has 0 aliphatic heterocycles. The average Bonchev–Trinajstić information content (AvgIpc) is 2.64. The van der Waals surface area contributed by atoms with Crippen molar-refractivity contribution in [2.75, 3.05) is 11.9 Å². The molecule has 0 saturated heterocycles. The molecule has 2 aromatic rings. The number of nitrogens with zero attached hydrogens (tertiary/aromatic N) is 1. The summed E-state index contributed by atoms with van der Waals surface area (Å²) in [7, 11) is 0. The first-order valence-electron chi connectivity index (χ1n) is 9.32. The van der Waals surface area contributed by atoms with Crippen LogP contribution in [-0.2, 0) is 4.79 Å². The molecule has 0 heterocycles. The van der Waals surface area contributed by atoms with E-state index >= 15 is 0 Å². The second-order valence-corrected chi connectivity index (χ2v) is 6.59. The first-order valence-corrected chi connectivity index (χ1v) is 9.32. The molecule has 0 spiro atoms. The maximum atomic E-state index is 12.2. The minimum Gasteiger partial charge on any atom is -0.376 e. The molecule has 2 rings (SSSR count). The number of anilines is 1. The third kappa shape index (κ3) is 6.36. The molecule has 1 amide bonds. The van der Waals surface area contributed by atoms with Crippen molar-refractivity contribution in [3.05, 3.63) is 65.2 Å². The summed E-state index contributed by atoms with van der Waals surface area (Å²) < 4.78 is 0. The largest absolute Gasteiger partial charge is 0.376 e. The Morgan fingerprint density at radius 3 is 2.50 bits per heavy atom. The van der Waals surface area contributed by atoms with Crippen molar-refractivity contribution in [1.82, 2.24) is 5.43 Å². The van der Waals surface area contributed by atoms with E-state index in [-0.39, 0.29) is 12.5 Å². The van der Waals surface area contributed by atoms with Gasteiger partial charge in [0.25, 0.3) is 5.91 Å². The zero-order valence-corrected chi connectivity index (χ0v) is 16.0. The van der Waals surface area contributed by atoms with Crippen LogP contribution >= 0.6 is 0 Å². The summed E-state index contributed by atoms with van der Waals surface area (Å²) in [5.74, 6) is -0.145. The van der Waals surface area contributed by atoms with Gasteiger partial charge in [0.2, 0.25) is 0 Å². The highest BCUT2D eigenvalue weighted by atomic mass is 16.2. The van der Waals surface area contributed by atoms with Crippen LogP contribution in [0.15, 0.2) is 53.6 Å². The lowest BCUT2D eigenvalue weighted by Gasteiger charge is -2.10. The Hall–Kier alpha value is -2.62. The Balaban J connectivity index is 1.95. The molecule has 0 unspecified atom stereocenters. The number of carbonyl (C=O) groups is 1. The molecule has 0 aromatic heterocycles. The van der Waals surface area contributed by atoms with Gasteiger partial charge in [0.1, 0.15) is 0 Å². The number of rotatable bonds is 9. The highest BCUT2D eigenvalue weighted by Crippen LogP contribution is 2.15. The van der Waals surface area contributed by atoms with Crippen LogP contribution in [0.25, 0.3) is 0 Å². The number of unbranched alkanes of at least 4 members (excludes halogenated alkanes) is 2. The lowest BCUT2D eigenvalue weighted by molar-refractivity contribution is -0.119. The highest BCUT2D eigenvalue weighted by Gasteiger charge is 2.06. The normalized spacial score (nSPS) is 11.3. The van der Waals surface area contributed by atoms with Gasteiger partial charge in [-0.25, -0.2) is 5.43 Å². The average molecular weight is 351 g/mol. The van der Waals surface area contributed by atoms with Crippen LogP contribution in [0, 0.1) is 13.8 Å². The lowest BCUT2D eigenvalue weighted by Crippen LogP contribution is -2.27. The van der Waals surface area contributed by atoms with Gasteiger partial charge >= 0.3 is 0 Å². The second kappa shape index (κ2) is 10.4. The predicted molar refractivity (Wildman–Crippen MR) is 110 cm³/mol. The van der Waals surface area contributed by atoms with Crippen LogP contribution < -0.4 is 10.7 Å². The third-order valence-corrected chi connectivity index (χ3v) is 4.26. The van der Waals surface area contributed by atoms with Gasteiger partial charge in [-0.1, -0.05) is 67.8 Å². The maximum Gasteiger partial charge on any atom is 0.259 e. The monoisotopic (exact) mass is 351 g/mol. The minimum absolute atomic E-state index is 0.145. The molecule has 0 saturated carbocycles. The molecule has 0 fully saturated rings. The summed E-state index contributed by atoms with van der Waals surface area (Å²) >= 11 is 0. The molecule has 4 heteroatoms. The van der Waals surface area contributed by atoms with Crippen LogP contribution in [0.4, 0.5) is 5.69 Å². The highest BCUT2D eigenvalue weighted by molar-refractivity contribution is 6.01. The van der Waals surface area contributed by atoms with Crippen LogP contribution in [0.3, 0.4) is 0 Å². The fourth-order valence-electron chi connectivity index (χ4n) is 2.79. The molecule has 0 bridgehead atoms. The van der Waals surface area contributed by atoms with Gasteiger partial charge in [0, 0.05) is 5.69 Å². The molecule has 26 heavy (non-hydrogen) atoms. The van der Waals surface area contributed by atoms with E-state index in [2.05, 4.69) is 35.8 Å². The molecular weight excluding hydrogens is 322 g/mol. The molecule has 0 aliphatic carbocycles. The Bertz CT molecular complexity index is 738. The molecule has 2 aromatic carbocycles. The van der Waals surface area contributed by atoms with Crippen molar-refractivity contribution in [3.8, 4) is 0 Å². The van der Waals surface area contributed by atoms with Crippen molar-refractivity contribution < 1.29 is 4.79 Å². The van der Waals surface area contributed by atoms with Crippen molar-refractivity contribution in [2.45, 2.75) is 46.5 Å². The number of nitrogens with one attached hydrogen (secondary N) is 2. The van der Waals surface area contributed by atoms with Crippen molar-refractivity contribution in [1.29, 1.82) is 0 Å². The maximum absolute atomic E-state index is 12.2. The summed E-state index contributed by atoms with van der Waals surface area (Å²) in [5.41, 5.74) is 8.00. The summed E-state index contributed by atoms with van der Waals surface area (Å²) in [6, 6.07) is 16.2. The topological polar surface area (TPSA) is 53.5 Å². The molecule has 2 N–H and O–H groups in total. The number of amides is 1. The van der Waals surface area contributed by atoms with Gasteiger partial charge < -0.3 is 5.32 Å². The van der Waals surface area contributed by atoms with Crippen LogP contribution in [0.2, 0.25) is 0 Å².